The molecule has 0 aliphatic heterocycles. The molecule has 0 bridgehead atoms. The summed E-state index contributed by atoms with van der Waals surface area (Å²) in [6.45, 7) is 0. The van der Waals surface area contributed by atoms with Gasteiger partial charge in [0.25, 0.3) is 0 Å². The molecule has 1 amide bonds. The molecule has 182 valence electrons. The molecule has 2 aromatic rings. The average molecular weight is 497 g/mol. The monoisotopic (exact) mass is 497 g/mol. The smallest absolute Gasteiger partial charge is 0.416 e. The fourth-order valence-electron chi connectivity index (χ4n) is 2.69. The predicted molar refractivity (Wildman–Crippen MR) is 106 cm³/mol. The summed E-state index contributed by atoms with van der Waals surface area (Å²) in [5.41, 5.74) is -4.63. The van der Waals surface area contributed by atoms with Crippen LogP contribution in [0.25, 0.3) is 0 Å². The summed E-state index contributed by atoms with van der Waals surface area (Å²) in [5, 5.41) is 34.3. The van der Waals surface area contributed by atoms with Crippen LogP contribution in [-0.2, 0) is 21.9 Å². The maximum absolute atomic E-state index is 13.2. The molecule has 0 saturated carbocycles. The molecule has 14 heteroatoms. The van der Waals surface area contributed by atoms with Crippen LogP contribution in [-0.4, -0.2) is 17.0 Å². The number of amides is 1. The van der Waals surface area contributed by atoms with Crippen LogP contribution in [0.3, 0.4) is 0 Å². The molecule has 0 saturated heterocycles. The third kappa shape index (κ3) is 7.01. The van der Waals surface area contributed by atoms with Gasteiger partial charge < -0.3 is 5.11 Å². The SMILES string of the molecule is N#Cc1ccc(C(F)(F)F)cc1/N=N/N(C(=O)CCCC(=O)O)c1cc(C(F)(F)F)ccc1C#N. The quantitative estimate of drug-likeness (QED) is 0.296. The zero-order chi connectivity index (χ0) is 26.4. The van der Waals surface area contributed by atoms with Crippen LogP contribution >= 0.6 is 0 Å². The lowest BCUT2D eigenvalue weighted by Gasteiger charge is -2.19. The van der Waals surface area contributed by atoms with E-state index < -0.39 is 65.1 Å². The van der Waals surface area contributed by atoms with E-state index in [0.29, 0.717) is 24.3 Å². The van der Waals surface area contributed by atoms with E-state index in [9.17, 15) is 41.2 Å². The Balaban J connectivity index is 2.62. The predicted octanol–water partition coefficient (Wildman–Crippen LogP) is 5.75. The van der Waals surface area contributed by atoms with Crippen LogP contribution in [0.15, 0.2) is 46.7 Å². The van der Waals surface area contributed by atoms with Crippen LogP contribution in [0.2, 0.25) is 0 Å². The minimum Gasteiger partial charge on any atom is -0.481 e. The third-order valence-corrected chi connectivity index (χ3v) is 4.38. The summed E-state index contributed by atoms with van der Waals surface area (Å²) in [6, 6.07) is 6.75. The van der Waals surface area contributed by atoms with Crippen LogP contribution in [0.4, 0.5) is 37.7 Å². The second-order valence-electron chi connectivity index (χ2n) is 6.83. The summed E-state index contributed by atoms with van der Waals surface area (Å²) in [6.07, 6.45) is -11.0. The van der Waals surface area contributed by atoms with E-state index in [1.807, 2.05) is 0 Å². The molecule has 0 spiro atoms. The Labute approximate surface area is 193 Å². The fraction of sp³-hybridized carbons (Fsp3) is 0.238. The lowest BCUT2D eigenvalue weighted by atomic mass is 10.1. The summed E-state index contributed by atoms with van der Waals surface area (Å²) in [7, 11) is 0. The molecule has 0 aliphatic carbocycles. The Hall–Kier alpha value is -4.46. The first-order valence-electron chi connectivity index (χ1n) is 9.47. The zero-order valence-corrected chi connectivity index (χ0v) is 17.4. The standard InChI is InChI=1S/C21H13F6N5O3/c22-20(23,24)14-6-4-12(10-28)16(8-14)30-31-32(18(33)2-1-3-19(34)35)17-9-15(21(25,26)27)7-5-13(17)11-29/h4-9H,1-3H2,(H,34,35)/b31-30+. The van der Waals surface area contributed by atoms with E-state index in [-0.39, 0.29) is 17.0 Å². The molecule has 0 heterocycles. The molecule has 0 aromatic heterocycles. The number of carbonyl (C=O) groups excluding carboxylic acids is 1. The van der Waals surface area contributed by atoms with Crippen molar-refractivity contribution in [1.82, 2.24) is 0 Å². The van der Waals surface area contributed by atoms with Gasteiger partial charge in [0, 0.05) is 12.8 Å². The van der Waals surface area contributed by atoms with Gasteiger partial charge in [-0.25, -0.2) is 0 Å². The van der Waals surface area contributed by atoms with Crippen molar-refractivity contribution in [2.24, 2.45) is 10.3 Å². The normalized spacial score (nSPS) is 11.7. The number of carbonyl (C=O) groups is 2. The molecule has 8 nitrogen and oxygen atoms in total. The van der Waals surface area contributed by atoms with Crippen LogP contribution < -0.4 is 5.01 Å². The number of aliphatic carboxylic acids is 1. The minimum atomic E-state index is -4.88. The van der Waals surface area contributed by atoms with Crippen molar-refractivity contribution in [1.29, 1.82) is 10.5 Å². The van der Waals surface area contributed by atoms with Crippen molar-refractivity contribution in [2.75, 3.05) is 5.01 Å². The van der Waals surface area contributed by atoms with Crippen molar-refractivity contribution >= 4 is 23.3 Å². The van der Waals surface area contributed by atoms with Crippen molar-refractivity contribution in [3.05, 3.63) is 58.7 Å². The van der Waals surface area contributed by atoms with Gasteiger partial charge in [-0.15, -0.1) is 5.11 Å². The number of nitrogens with zero attached hydrogens (tertiary/aromatic N) is 5. The summed E-state index contributed by atoms with van der Waals surface area (Å²) < 4.78 is 78.8. The van der Waals surface area contributed by atoms with E-state index in [4.69, 9.17) is 10.4 Å². The number of halogens is 6. The minimum absolute atomic E-state index is 0.256. The van der Waals surface area contributed by atoms with Crippen LogP contribution in [0.1, 0.15) is 41.5 Å². The Bertz CT molecular complexity index is 1240. The average Bonchev–Trinajstić information content (AvgIpc) is 2.77. The van der Waals surface area contributed by atoms with E-state index in [2.05, 4.69) is 10.3 Å². The van der Waals surface area contributed by atoms with Gasteiger partial charge in [-0.1, -0.05) is 5.22 Å². The molecule has 0 unspecified atom stereocenters. The number of carboxylic acids is 1. The van der Waals surface area contributed by atoms with Gasteiger partial charge in [-0.05, 0) is 42.8 Å². The second-order valence-corrected chi connectivity index (χ2v) is 6.83. The first-order valence-corrected chi connectivity index (χ1v) is 9.47. The Morgan fingerprint density at radius 2 is 1.43 bits per heavy atom. The van der Waals surface area contributed by atoms with Crippen molar-refractivity contribution in [3.63, 3.8) is 0 Å². The molecule has 0 atom stereocenters. The number of nitriles is 2. The molecule has 0 aliphatic rings. The first kappa shape index (κ1) is 26.8. The third-order valence-electron chi connectivity index (χ3n) is 4.38. The maximum atomic E-state index is 13.2. The second kappa shape index (κ2) is 10.6. The molecule has 2 rings (SSSR count). The maximum Gasteiger partial charge on any atom is 0.416 e. The number of carboxylic acid groups (broad SMARTS) is 1. The summed E-state index contributed by atoms with van der Waals surface area (Å²) in [5.74, 6) is -2.35. The van der Waals surface area contributed by atoms with E-state index in [0.717, 1.165) is 12.1 Å². The topological polar surface area (TPSA) is 130 Å². The molecule has 2 aromatic carbocycles. The highest BCUT2D eigenvalue weighted by Crippen LogP contribution is 2.36. The van der Waals surface area contributed by atoms with Gasteiger partial charge in [0.05, 0.1) is 27.9 Å². The lowest BCUT2D eigenvalue weighted by Crippen LogP contribution is -2.26. The molecule has 35 heavy (non-hydrogen) atoms. The Morgan fingerprint density at radius 1 is 0.886 bits per heavy atom. The van der Waals surface area contributed by atoms with Gasteiger partial charge in [0.1, 0.15) is 17.8 Å². The van der Waals surface area contributed by atoms with Gasteiger partial charge in [-0.2, -0.15) is 41.9 Å². The number of hydrogen-bond donors (Lipinski definition) is 1. The van der Waals surface area contributed by atoms with Crippen molar-refractivity contribution < 1.29 is 41.0 Å². The molecule has 0 radical (unpaired) electrons. The van der Waals surface area contributed by atoms with Gasteiger partial charge in [-0.3, -0.25) is 9.59 Å². The van der Waals surface area contributed by atoms with E-state index >= 15 is 0 Å². The van der Waals surface area contributed by atoms with Crippen molar-refractivity contribution in [2.45, 2.75) is 31.6 Å². The largest absolute Gasteiger partial charge is 0.481 e. The van der Waals surface area contributed by atoms with Gasteiger partial charge in [0.2, 0.25) is 5.91 Å². The van der Waals surface area contributed by atoms with Crippen LogP contribution in [0, 0.1) is 22.7 Å². The number of benzene rings is 2. The van der Waals surface area contributed by atoms with E-state index in [1.54, 1.807) is 12.1 Å². The molecule has 1 N–H and O–H groups in total. The summed E-state index contributed by atoms with van der Waals surface area (Å²) >= 11 is 0. The highest BCUT2D eigenvalue weighted by molar-refractivity contribution is 5.94. The highest BCUT2D eigenvalue weighted by Gasteiger charge is 2.33. The number of alkyl halides is 6. The van der Waals surface area contributed by atoms with E-state index in [1.165, 1.54) is 0 Å². The first-order chi connectivity index (χ1) is 16.3. The lowest BCUT2D eigenvalue weighted by molar-refractivity contribution is -0.138. The number of rotatable bonds is 7. The van der Waals surface area contributed by atoms with Gasteiger partial charge in [0.15, 0.2) is 0 Å². The molecular weight excluding hydrogens is 484 g/mol. The summed E-state index contributed by atoms with van der Waals surface area (Å²) in [4.78, 5) is 23.4. The highest BCUT2D eigenvalue weighted by atomic mass is 19.4. The fourth-order valence-corrected chi connectivity index (χ4v) is 2.69. The molecule has 0 fully saturated rings. The van der Waals surface area contributed by atoms with Crippen molar-refractivity contribution in [3.8, 4) is 12.1 Å². The van der Waals surface area contributed by atoms with Crippen LogP contribution in [0.5, 0.6) is 0 Å². The molecular formula is C21H13F6N5O3. The Morgan fingerprint density at radius 3 is 1.94 bits per heavy atom. The zero-order valence-electron chi connectivity index (χ0n) is 17.4. The Kier molecular flexibility index (Phi) is 8.15. The number of hydrogen-bond acceptors (Lipinski definition) is 6. The number of anilines is 1. The van der Waals surface area contributed by atoms with Gasteiger partial charge >= 0.3 is 18.3 Å².